The summed E-state index contributed by atoms with van der Waals surface area (Å²) in [5.41, 5.74) is 3.04. The van der Waals surface area contributed by atoms with E-state index in [2.05, 4.69) is 29.2 Å². The molecule has 6 nitrogen and oxygen atoms in total. The molecule has 6 heteroatoms. The van der Waals surface area contributed by atoms with Gasteiger partial charge in [0.05, 0.1) is 17.8 Å². The molecule has 0 aliphatic heterocycles. The van der Waals surface area contributed by atoms with Crippen LogP contribution in [-0.2, 0) is 0 Å². The summed E-state index contributed by atoms with van der Waals surface area (Å²) in [4.78, 5) is 16.8. The maximum Gasteiger partial charge on any atom is 0.259 e. The van der Waals surface area contributed by atoms with Gasteiger partial charge in [0.15, 0.2) is 0 Å². The standard InChI is InChI=1S/C17H21N5O/c1-4-14(5-2)22-12(3)15(11-19-22)17(23)20-13-6-8-21-9-7-18-16(21)10-13/h6-11,14H,4-5H2,1-3H3,(H,20,23). The van der Waals surface area contributed by atoms with E-state index in [1.54, 1.807) is 12.4 Å². The summed E-state index contributed by atoms with van der Waals surface area (Å²) in [5.74, 6) is -0.143. The van der Waals surface area contributed by atoms with Gasteiger partial charge in [0, 0.05) is 36.0 Å². The summed E-state index contributed by atoms with van der Waals surface area (Å²) < 4.78 is 3.85. The molecule has 3 heterocycles. The van der Waals surface area contributed by atoms with Crippen molar-refractivity contribution in [3.05, 3.63) is 48.2 Å². The Labute approximate surface area is 135 Å². The lowest BCUT2D eigenvalue weighted by atomic mass is 10.1. The lowest BCUT2D eigenvalue weighted by Crippen LogP contribution is -2.15. The number of pyridine rings is 1. The third-order valence-corrected chi connectivity index (χ3v) is 4.23. The van der Waals surface area contributed by atoms with Crippen LogP contribution in [0.25, 0.3) is 5.65 Å². The molecule has 120 valence electrons. The fourth-order valence-electron chi connectivity index (χ4n) is 2.84. The summed E-state index contributed by atoms with van der Waals surface area (Å²) in [7, 11) is 0. The highest BCUT2D eigenvalue weighted by atomic mass is 16.1. The molecule has 0 aliphatic rings. The van der Waals surface area contributed by atoms with Gasteiger partial charge >= 0.3 is 0 Å². The summed E-state index contributed by atoms with van der Waals surface area (Å²) in [6, 6.07) is 4.03. The first-order chi connectivity index (χ1) is 11.1. The molecule has 3 aromatic rings. The molecule has 1 amide bonds. The number of rotatable bonds is 5. The number of nitrogens with zero attached hydrogens (tertiary/aromatic N) is 4. The normalized spacial score (nSPS) is 11.3. The van der Waals surface area contributed by atoms with Gasteiger partial charge in [-0.1, -0.05) is 13.8 Å². The largest absolute Gasteiger partial charge is 0.322 e. The van der Waals surface area contributed by atoms with E-state index in [9.17, 15) is 4.79 Å². The van der Waals surface area contributed by atoms with Gasteiger partial charge in [0.1, 0.15) is 5.65 Å². The highest BCUT2D eigenvalue weighted by Crippen LogP contribution is 2.20. The quantitative estimate of drug-likeness (QED) is 0.785. The van der Waals surface area contributed by atoms with Crippen molar-refractivity contribution in [3.63, 3.8) is 0 Å². The molecule has 23 heavy (non-hydrogen) atoms. The van der Waals surface area contributed by atoms with Crippen molar-refractivity contribution in [1.29, 1.82) is 0 Å². The monoisotopic (exact) mass is 311 g/mol. The van der Waals surface area contributed by atoms with Crippen LogP contribution in [0.4, 0.5) is 5.69 Å². The number of imidazole rings is 1. The van der Waals surface area contributed by atoms with Crippen LogP contribution in [0.15, 0.2) is 36.9 Å². The van der Waals surface area contributed by atoms with Gasteiger partial charge in [-0.15, -0.1) is 0 Å². The van der Waals surface area contributed by atoms with Gasteiger partial charge in [0.25, 0.3) is 5.91 Å². The van der Waals surface area contributed by atoms with Crippen LogP contribution >= 0.6 is 0 Å². The summed E-state index contributed by atoms with van der Waals surface area (Å²) in [5, 5.41) is 7.33. The van der Waals surface area contributed by atoms with E-state index in [1.165, 1.54) is 0 Å². The van der Waals surface area contributed by atoms with Crippen molar-refractivity contribution in [2.75, 3.05) is 5.32 Å². The van der Waals surface area contributed by atoms with E-state index in [0.717, 1.165) is 29.9 Å². The average molecular weight is 311 g/mol. The highest BCUT2D eigenvalue weighted by molar-refractivity contribution is 6.05. The SMILES string of the molecule is CCC(CC)n1ncc(C(=O)Nc2ccn3ccnc3c2)c1C. The second-order valence-electron chi connectivity index (χ2n) is 5.62. The average Bonchev–Trinajstić information content (AvgIpc) is 3.15. The first-order valence-electron chi connectivity index (χ1n) is 7.92. The van der Waals surface area contributed by atoms with Crippen molar-refractivity contribution in [3.8, 4) is 0 Å². The number of carbonyl (C=O) groups excluding carboxylic acids is 1. The van der Waals surface area contributed by atoms with E-state index in [-0.39, 0.29) is 5.91 Å². The van der Waals surface area contributed by atoms with Gasteiger partial charge in [-0.2, -0.15) is 5.10 Å². The van der Waals surface area contributed by atoms with Crippen LogP contribution in [0.2, 0.25) is 0 Å². The number of fused-ring (bicyclic) bond motifs is 1. The second kappa shape index (κ2) is 6.24. The zero-order valence-corrected chi connectivity index (χ0v) is 13.7. The molecule has 0 saturated carbocycles. The Balaban J connectivity index is 1.83. The first-order valence-corrected chi connectivity index (χ1v) is 7.92. The minimum absolute atomic E-state index is 0.143. The molecule has 0 saturated heterocycles. The Morgan fingerprint density at radius 2 is 2.09 bits per heavy atom. The lowest BCUT2D eigenvalue weighted by molar-refractivity contribution is 0.102. The minimum Gasteiger partial charge on any atom is -0.322 e. The van der Waals surface area contributed by atoms with Crippen molar-refractivity contribution < 1.29 is 4.79 Å². The Kier molecular flexibility index (Phi) is 4.14. The van der Waals surface area contributed by atoms with Gasteiger partial charge < -0.3 is 9.72 Å². The molecule has 1 N–H and O–H groups in total. The lowest BCUT2D eigenvalue weighted by Gasteiger charge is -2.15. The fourth-order valence-corrected chi connectivity index (χ4v) is 2.84. The van der Waals surface area contributed by atoms with Gasteiger partial charge in [-0.25, -0.2) is 4.98 Å². The zero-order valence-electron chi connectivity index (χ0n) is 13.7. The third-order valence-electron chi connectivity index (χ3n) is 4.23. The van der Waals surface area contributed by atoms with Gasteiger partial charge in [0.2, 0.25) is 0 Å². The van der Waals surface area contributed by atoms with Crippen LogP contribution in [-0.4, -0.2) is 25.1 Å². The number of hydrogen-bond acceptors (Lipinski definition) is 3. The molecule has 0 unspecified atom stereocenters. The van der Waals surface area contributed by atoms with Crippen LogP contribution < -0.4 is 5.32 Å². The van der Waals surface area contributed by atoms with Gasteiger partial charge in [-0.05, 0) is 25.8 Å². The van der Waals surface area contributed by atoms with Crippen molar-refractivity contribution in [2.24, 2.45) is 0 Å². The van der Waals surface area contributed by atoms with E-state index in [1.807, 2.05) is 40.5 Å². The minimum atomic E-state index is -0.143. The van der Waals surface area contributed by atoms with Crippen LogP contribution in [0, 0.1) is 6.92 Å². The van der Waals surface area contributed by atoms with Crippen molar-refractivity contribution in [2.45, 2.75) is 39.7 Å². The predicted molar refractivity (Wildman–Crippen MR) is 89.7 cm³/mol. The molecule has 0 aromatic carbocycles. The van der Waals surface area contributed by atoms with E-state index in [0.29, 0.717) is 11.6 Å². The molecule has 3 aromatic heterocycles. The number of carbonyl (C=O) groups is 1. The van der Waals surface area contributed by atoms with Crippen LogP contribution in [0.3, 0.4) is 0 Å². The van der Waals surface area contributed by atoms with E-state index < -0.39 is 0 Å². The number of nitrogens with one attached hydrogen (secondary N) is 1. The fraction of sp³-hybridized carbons (Fsp3) is 0.353. The summed E-state index contributed by atoms with van der Waals surface area (Å²) in [6.45, 7) is 6.21. The molecule has 0 atom stereocenters. The Morgan fingerprint density at radius 3 is 2.83 bits per heavy atom. The van der Waals surface area contributed by atoms with E-state index in [4.69, 9.17) is 0 Å². The molecule has 0 radical (unpaired) electrons. The Hall–Kier alpha value is -2.63. The second-order valence-corrected chi connectivity index (χ2v) is 5.62. The number of amides is 1. The predicted octanol–water partition coefficient (Wildman–Crippen LogP) is 3.45. The molecular formula is C17H21N5O. The van der Waals surface area contributed by atoms with Gasteiger partial charge in [-0.3, -0.25) is 9.48 Å². The molecule has 3 rings (SSSR count). The highest BCUT2D eigenvalue weighted by Gasteiger charge is 2.18. The smallest absolute Gasteiger partial charge is 0.259 e. The third kappa shape index (κ3) is 2.84. The number of hydrogen-bond donors (Lipinski definition) is 1. The molecule has 0 bridgehead atoms. The number of aromatic nitrogens is 4. The maximum atomic E-state index is 12.5. The van der Waals surface area contributed by atoms with Crippen molar-refractivity contribution in [1.82, 2.24) is 19.2 Å². The molecular weight excluding hydrogens is 290 g/mol. The molecule has 0 aliphatic carbocycles. The topological polar surface area (TPSA) is 64.2 Å². The maximum absolute atomic E-state index is 12.5. The Bertz CT molecular complexity index is 828. The van der Waals surface area contributed by atoms with Crippen molar-refractivity contribution >= 4 is 17.2 Å². The van der Waals surface area contributed by atoms with E-state index >= 15 is 0 Å². The zero-order chi connectivity index (χ0) is 16.4. The first kappa shape index (κ1) is 15.3. The molecule has 0 spiro atoms. The number of anilines is 1. The van der Waals surface area contributed by atoms with Crippen LogP contribution in [0.1, 0.15) is 48.8 Å². The Morgan fingerprint density at radius 1 is 1.30 bits per heavy atom. The molecule has 0 fully saturated rings. The van der Waals surface area contributed by atoms with Crippen LogP contribution in [0.5, 0.6) is 0 Å². The summed E-state index contributed by atoms with van der Waals surface area (Å²) in [6.07, 6.45) is 9.11. The summed E-state index contributed by atoms with van der Waals surface area (Å²) >= 11 is 0.